The molecule has 0 radical (unpaired) electrons. The lowest BCUT2D eigenvalue weighted by atomic mass is 10.3. The van der Waals surface area contributed by atoms with Crippen molar-refractivity contribution in [2.45, 2.75) is 20.4 Å². The Morgan fingerprint density at radius 1 is 1.14 bits per heavy atom. The van der Waals surface area contributed by atoms with Crippen LogP contribution in [0.25, 0.3) is 0 Å². The van der Waals surface area contributed by atoms with Gasteiger partial charge in [0.25, 0.3) is 0 Å². The first-order chi connectivity index (χ1) is 10.2. The molecule has 0 atom stereocenters. The summed E-state index contributed by atoms with van der Waals surface area (Å²) in [6.45, 7) is 7.07. The van der Waals surface area contributed by atoms with E-state index in [4.69, 9.17) is 9.47 Å². The summed E-state index contributed by atoms with van der Waals surface area (Å²) in [7, 11) is 2.08. The summed E-state index contributed by atoms with van der Waals surface area (Å²) in [5, 5.41) is 3.23. The number of aryl methyl sites for hydroxylation is 1. The summed E-state index contributed by atoms with van der Waals surface area (Å²) >= 11 is 1.69. The summed E-state index contributed by atoms with van der Waals surface area (Å²) in [6, 6.07) is 7.74. The molecule has 2 aromatic rings. The van der Waals surface area contributed by atoms with Crippen molar-refractivity contribution in [1.29, 1.82) is 0 Å². The number of thiazole rings is 1. The highest BCUT2D eigenvalue weighted by atomic mass is 32.1. The topological polar surface area (TPSA) is 34.6 Å². The van der Waals surface area contributed by atoms with Gasteiger partial charge in [-0.05, 0) is 45.2 Å². The summed E-state index contributed by atoms with van der Waals surface area (Å²) in [4.78, 5) is 6.68. The molecule has 0 unspecified atom stereocenters. The summed E-state index contributed by atoms with van der Waals surface area (Å²) in [6.07, 6.45) is 0. The van der Waals surface area contributed by atoms with Crippen LogP contribution in [0.2, 0.25) is 0 Å². The maximum Gasteiger partial charge on any atom is 0.119 e. The van der Waals surface area contributed by atoms with Gasteiger partial charge in [-0.3, -0.25) is 4.90 Å². The highest BCUT2D eigenvalue weighted by Crippen LogP contribution is 2.17. The maximum atomic E-state index is 5.74. The van der Waals surface area contributed by atoms with Crippen molar-refractivity contribution in [3.05, 3.63) is 40.3 Å². The summed E-state index contributed by atoms with van der Waals surface area (Å²) in [5.41, 5.74) is 1.13. The van der Waals surface area contributed by atoms with Crippen molar-refractivity contribution in [2.75, 3.05) is 26.8 Å². The Bertz CT molecular complexity index is 539. The predicted octanol–water partition coefficient (Wildman–Crippen LogP) is 3.36. The van der Waals surface area contributed by atoms with E-state index in [0.717, 1.165) is 35.3 Å². The van der Waals surface area contributed by atoms with Crippen LogP contribution >= 0.6 is 11.3 Å². The van der Waals surface area contributed by atoms with Gasteiger partial charge in [0, 0.05) is 18.5 Å². The largest absolute Gasteiger partial charge is 0.494 e. The number of rotatable bonds is 8. The smallest absolute Gasteiger partial charge is 0.119 e. The molecule has 114 valence electrons. The SMILES string of the molecule is CCOc1ccc(OCCN(C)Cc2csc(C)n2)cc1. The number of hydrogen-bond donors (Lipinski definition) is 0. The van der Waals surface area contributed by atoms with Crippen LogP contribution in [0.1, 0.15) is 17.6 Å². The maximum absolute atomic E-state index is 5.74. The third kappa shape index (κ3) is 5.36. The van der Waals surface area contributed by atoms with E-state index in [0.29, 0.717) is 13.2 Å². The van der Waals surface area contributed by atoms with Gasteiger partial charge in [-0.2, -0.15) is 0 Å². The van der Waals surface area contributed by atoms with Crippen LogP contribution in [0, 0.1) is 6.92 Å². The molecule has 0 aliphatic heterocycles. The van der Waals surface area contributed by atoms with Crippen LogP contribution in [0.15, 0.2) is 29.6 Å². The van der Waals surface area contributed by atoms with Crippen molar-refractivity contribution in [3.63, 3.8) is 0 Å². The summed E-state index contributed by atoms with van der Waals surface area (Å²) < 4.78 is 11.1. The van der Waals surface area contributed by atoms with Gasteiger partial charge in [0.1, 0.15) is 18.1 Å². The lowest BCUT2D eigenvalue weighted by Gasteiger charge is -2.15. The molecular formula is C16H22N2O2S. The van der Waals surface area contributed by atoms with Crippen LogP contribution < -0.4 is 9.47 Å². The third-order valence-electron chi connectivity index (χ3n) is 2.97. The molecule has 5 heteroatoms. The first-order valence-electron chi connectivity index (χ1n) is 7.12. The number of likely N-dealkylation sites (N-methyl/N-ethyl adjacent to an activating group) is 1. The normalized spacial score (nSPS) is 10.9. The van der Waals surface area contributed by atoms with Gasteiger partial charge >= 0.3 is 0 Å². The van der Waals surface area contributed by atoms with Gasteiger partial charge in [-0.25, -0.2) is 4.98 Å². The Labute approximate surface area is 130 Å². The van der Waals surface area contributed by atoms with Gasteiger partial charge in [-0.1, -0.05) is 0 Å². The highest BCUT2D eigenvalue weighted by molar-refractivity contribution is 7.09. The number of hydrogen-bond acceptors (Lipinski definition) is 5. The Morgan fingerprint density at radius 2 is 1.81 bits per heavy atom. The Balaban J connectivity index is 1.70. The molecule has 1 aromatic heterocycles. The Hall–Kier alpha value is -1.59. The first-order valence-corrected chi connectivity index (χ1v) is 8.00. The average Bonchev–Trinajstić information content (AvgIpc) is 2.86. The number of aromatic nitrogens is 1. The summed E-state index contributed by atoms with van der Waals surface area (Å²) in [5.74, 6) is 1.75. The monoisotopic (exact) mass is 306 g/mol. The zero-order valence-corrected chi connectivity index (χ0v) is 13.7. The second-order valence-electron chi connectivity index (χ2n) is 4.85. The third-order valence-corrected chi connectivity index (χ3v) is 3.80. The second kappa shape index (κ2) is 8.00. The molecule has 0 spiro atoms. The van der Waals surface area contributed by atoms with E-state index in [9.17, 15) is 0 Å². The molecule has 0 bridgehead atoms. The molecule has 2 rings (SSSR count). The van der Waals surface area contributed by atoms with Gasteiger partial charge in [0.2, 0.25) is 0 Å². The van der Waals surface area contributed by atoms with Crippen LogP contribution in [-0.4, -0.2) is 36.7 Å². The number of nitrogens with zero attached hydrogens (tertiary/aromatic N) is 2. The molecule has 0 saturated heterocycles. The minimum atomic E-state index is 0.660. The van der Waals surface area contributed by atoms with Gasteiger partial charge in [0.05, 0.1) is 17.3 Å². The lowest BCUT2D eigenvalue weighted by Crippen LogP contribution is -2.24. The van der Waals surface area contributed by atoms with Gasteiger partial charge in [0.15, 0.2) is 0 Å². The number of benzene rings is 1. The van der Waals surface area contributed by atoms with Crippen molar-refractivity contribution >= 4 is 11.3 Å². The molecule has 0 aliphatic rings. The lowest BCUT2D eigenvalue weighted by molar-refractivity contribution is 0.231. The number of ether oxygens (including phenoxy) is 2. The zero-order chi connectivity index (χ0) is 15.1. The Kier molecular flexibility index (Phi) is 6.02. The van der Waals surface area contributed by atoms with Crippen molar-refractivity contribution in [3.8, 4) is 11.5 Å². The van der Waals surface area contributed by atoms with E-state index in [2.05, 4.69) is 22.3 Å². The molecule has 0 fully saturated rings. The van der Waals surface area contributed by atoms with E-state index in [-0.39, 0.29) is 0 Å². The standard InChI is InChI=1S/C16H22N2O2S/c1-4-19-15-5-7-16(8-6-15)20-10-9-18(3)11-14-12-21-13(2)17-14/h5-8,12H,4,9-11H2,1-3H3. The fourth-order valence-corrected chi connectivity index (χ4v) is 2.56. The van der Waals surface area contributed by atoms with E-state index in [1.54, 1.807) is 11.3 Å². The molecule has 0 N–H and O–H groups in total. The first kappa shape index (κ1) is 15.8. The minimum Gasteiger partial charge on any atom is -0.494 e. The van der Waals surface area contributed by atoms with Crippen LogP contribution in [0.3, 0.4) is 0 Å². The van der Waals surface area contributed by atoms with Crippen LogP contribution in [0.5, 0.6) is 11.5 Å². The van der Waals surface area contributed by atoms with E-state index in [1.165, 1.54) is 0 Å². The van der Waals surface area contributed by atoms with Crippen molar-refractivity contribution < 1.29 is 9.47 Å². The molecule has 0 amide bonds. The molecule has 4 nitrogen and oxygen atoms in total. The fraction of sp³-hybridized carbons (Fsp3) is 0.438. The molecule has 0 aliphatic carbocycles. The van der Waals surface area contributed by atoms with E-state index < -0.39 is 0 Å². The van der Waals surface area contributed by atoms with Crippen molar-refractivity contribution in [1.82, 2.24) is 9.88 Å². The second-order valence-corrected chi connectivity index (χ2v) is 5.91. The van der Waals surface area contributed by atoms with Crippen LogP contribution in [-0.2, 0) is 6.54 Å². The molecule has 1 aromatic carbocycles. The average molecular weight is 306 g/mol. The van der Waals surface area contributed by atoms with E-state index >= 15 is 0 Å². The highest BCUT2D eigenvalue weighted by Gasteiger charge is 2.04. The Morgan fingerprint density at radius 3 is 2.38 bits per heavy atom. The minimum absolute atomic E-state index is 0.660. The van der Waals surface area contributed by atoms with Gasteiger partial charge in [-0.15, -0.1) is 11.3 Å². The molecule has 0 saturated carbocycles. The molecular weight excluding hydrogens is 284 g/mol. The fourth-order valence-electron chi connectivity index (χ4n) is 1.95. The zero-order valence-electron chi connectivity index (χ0n) is 12.8. The molecule has 1 heterocycles. The van der Waals surface area contributed by atoms with Gasteiger partial charge < -0.3 is 9.47 Å². The molecule has 21 heavy (non-hydrogen) atoms. The quantitative estimate of drug-likeness (QED) is 0.749. The van der Waals surface area contributed by atoms with E-state index in [1.807, 2.05) is 38.1 Å². The van der Waals surface area contributed by atoms with Crippen molar-refractivity contribution in [2.24, 2.45) is 0 Å². The van der Waals surface area contributed by atoms with Crippen LogP contribution in [0.4, 0.5) is 0 Å². The predicted molar refractivity (Wildman–Crippen MR) is 86.3 cm³/mol.